The Hall–Kier alpha value is -1.76. The molecule has 10 heteroatoms. The summed E-state index contributed by atoms with van der Waals surface area (Å²) in [5, 5.41) is 0. The van der Waals surface area contributed by atoms with E-state index in [1.807, 2.05) is 0 Å². The first-order valence-electron chi connectivity index (χ1n) is 16.4. The highest BCUT2D eigenvalue weighted by molar-refractivity contribution is 5.27. The summed E-state index contributed by atoms with van der Waals surface area (Å²) in [5.74, 6) is 0.887. The molecule has 44 heavy (non-hydrogen) atoms. The van der Waals surface area contributed by atoms with Crippen LogP contribution in [0.3, 0.4) is 0 Å². The lowest BCUT2D eigenvalue weighted by Gasteiger charge is -2.09. The molecular formula is C34H60O10. The molecule has 0 N–H and O–H groups in total. The number of rotatable bonds is 36. The molecule has 0 aliphatic heterocycles. The molecular weight excluding hydrogens is 568 g/mol. The average Bonchev–Trinajstić information content (AvgIpc) is 3.04. The summed E-state index contributed by atoms with van der Waals surface area (Å²) in [6.45, 7) is 15.2. The van der Waals surface area contributed by atoms with Crippen molar-refractivity contribution >= 4 is 0 Å². The summed E-state index contributed by atoms with van der Waals surface area (Å²) in [5.41, 5.74) is 1.38. The van der Waals surface area contributed by atoms with Gasteiger partial charge in [0.2, 0.25) is 0 Å². The minimum atomic E-state index is 0.506. The van der Waals surface area contributed by atoms with Gasteiger partial charge in [-0.25, -0.2) is 0 Å². The molecule has 0 fully saturated rings. The first-order chi connectivity index (χ1) is 21.9. The minimum Gasteiger partial charge on any atom is -0.499 e. The first-order valence-corrected chi connectivity index (χ1v) is 16.4. The Morgan fingerprint density at radius 2 is 0.818 bits per heavy atom. The van der Waals surface area contributed by atoms with Crippen molar-refractivity contribution in [3.05, 3.63) is 42.7 Å². The standard InChI is InChI=1S/C34H60O10/c1-3-5-6-7-8-9-10-33-11-13-34(14-12-33)44-32-31-43-30-29-42-28-27-41-26-25-40-24-23-39-22-21-38-20-19-37-18-17-36-16-15-35-4-2/h4,11-14H,2-3,5-10,15-32H2,1H3. The lowest BCUT2D eigenvalue weighted by molar-refractivity contribution is -0.0244. The van der Waals surface area contributed by atoms with E-state index in [0.717, 1.165) is 12.2 Å². The number of unbranched alkanes of at least 4 members (excludes halogenated alkanes) is 5. The zero-order valence-electron chi connectivity index (χ0n) is 27.4. The largest absolute Gasteiger partial charge is 0.499 e. The van der Waals surface area contributed by atoms with Crippen LogP contribution in [0.25, 0.3) is 0 Å². The quantitative estimate of drug-likeness (QED) is 0.0724. The van der Waals surface area contributed by atoms with Crippen LogP contribution in [0.5, 0.6) is 5.75 Å². The van der Waals surface area contributed by atoms with Crippen LogP contribution in [0.2, 0.25) is 0 Å². The zero-order valence-corrected chi connectivity index (χ0v) is 27.4. The van der Waals surface area contributed by atoms with Crippen molar-refractivity contribution in [2.24, 2.45) is 0 Å². The maximum absolute atomic E-state index is 5.77. The molecule has 0 bridgehead atoms. The van der Waals surface area contributed by atoms with Crippen LogP contribution in [0.4, 0.5) is 0 Å². The van der Waals surface area contributed by atoms with E-state index < -0.39 is 0 Å². The number of hydrogen-bond donors (Lipinski definition) is 0. The van der Waals surface area contributed by atoms with Crippen molar-refractivity contribution in [2.45, 2.75) is 51.9 Å². The van der Waals surface area contributed by atoms with Crippen molar-refractivity contribution < 1.29 is 47.4 Å². The van der Waals surface area contributed by atoms with Gasteiger partial charge in [-0.15, -0.1) is 0 Å². The van der Waals surface area contributed by atoms with Crippen LogP contribution < -0.4 is 4.74 Å². The fourth-order valence-corrected chi connectivity index (χ4v) is 3.91. The molecule has 0 heterocycles. The van der Waals surface area contributed by atoms with E-state index in [1.165, 1.54) is 50.4 Å². The molecule has 10 nitrogen and oxygen atoms in total. The van der Waals surface area contributed by atoms with Gasteiger partial charge in [-0.1, -0.05) is 57.7 Å². The number of benzene rings is 1. The fourth-order valence-electron chi connectivity index (χ4n) is 3.91. The van der Waals surface area contributed by atoms with Gasteiger partial charge in [0.1, 0.15) is 19.0 Å². The molecule has 1 aromatic rings. The van der Waals surface area contributed by atoms with E-state index in [4.69, 9.17) is 47.4 Å². The SMILES string of the molecule is C=COCCOCCOCCOCCOCCOCCOCCOCCOCCOc1ccc(CCCCCCCC)cc1. The Labute approximate surface area is 266 Å². The highest BCUT2D eigenvalue weighted by atomic mass is 16.6. The third-order valence-electron chi connectivity index (χ3n) is 6.31. The van der Waals surface area contributed by atoms with Crippen LogP contribution in [0.1, 0.15) is 51.0 Å². The molecule has 1 aromatic carbocycles. The van der Waals surface area contributed by atoms with E-state index >= 15 is 0 Å². The summed E-state index contributed by atoms with van der Waals surface area (Å²) in [7, 11) is 0. The molecule has 0 radical (unpaired) electrons. The Bertz CT molecular complexity index is 704. The highest BCUT2D eigenvalue weighted by Gasteiger charge is 1.99. The second-order valence-electron chi connectivity index (χ2n) is 9.95. The molecule has 0 saturated heterocycles. The van der Waals surface area contributed by atoms with E-state index in [0.29, 0.717) is 119 Å². The van der Waals surface area contributed by atoms with Gasteiger partial charge in [0, 0.05) is 0 Å². The van der Waals surface area contributed by atoms with Gasteiger partial charge in [0.05, 0.1) is 112 Å². The summed E-state index contributed by atoms with van der Waals surface area (Å²) in [6.07, 6.45) is 10.5. The maximum Gasteiger partial charge on any atom is 0.119 e. The lowest BCUT2D eigenvalue weighted by atomic mass is 10.0. The van der Waals surface area contributed by atoms with Gasteiger partial charge >= 0.3 is 0 Å². The summed E-state index contributed by atoms with van der Waals surface area (Å²) < 4.78 is 54.5. The predicted octanol–water partition coefficient (Wildman–Crippen LogP) is 5.26. The Kier molecular flexibility index (Phi) is 31.2. The minimum absolute atomic E-state index is 0.506. The van der Waals surface area contributed by atoms with Crippen molar-refractivity contribution in [1.82, 2.24) is 0 Å². The smallest absolute Gasteiger partial charge is 0.119 e. The second-order valence-corrected chi connectivity index (χ2v) is 9.95. The second kappa shape index (κ2) is 34.1. The monoisotopic (exact) mass is 628 g/mol. The van der Waals surface area contributed by atoms with Crippen LogP contribution >= 0.6 is 0 Å². The molecule has 0 amide bonds. The Balaban J connectivity index is 1.72. The van der Waals surface area contributed by atoms with E-state index in [1.54, 1.807) is 0 Å². The van der Waals surface area contributed by atoms with Crippen LogP contribution in [0, 0.1) is 0 Å². The number of hydrogen-bond acceptors (Lipinski definition) is 10. The average molecular weight is 629 g/mol. The molecule has 0 unspecified atom stereocenters. The van der Waals surface area contributed by atoms with E-state index in [2.05, 4.69) is 37.8 Å². The van der Waals surface area contributed by atoms with E-state index in [9.17, 15) is 0 Å². The van der Waals surface area contributed by atoms with E-state index in [-0.39, 0.29) is 0 Å². The van der Waals surface area contributed by atoms with Crippen LogP contribution in [0.15, 0.2) is 37.1 Å². The maximum atomic E-state index is 5.77. The lowest BCUT2D eigenvalue weighted by Crippen LogP contribution is -2.15. The van der Waals surface area contributed by atoms with Gasteiger partial charge < -0.3 is 47.4 Å². The van der Waals surface area contributed by atoms with Crippen molar-refractivity contribution in [3.63, 3.8) is 0 Å². The third kappa shape index (κ3) is 29.0. The molecule has 0 aliphatic rings. The van der Waals surface area contributed by atoms with Gasteiger partial charge in [-0.2, -0.15) is 0 Å². The molecule has 256 valence electrons. The third-order valence-corrected chi connectivity index (χ3v) is 6.31. The summed E-state index contributed by atoms with van der Waals surface area (Å²) in [4.78, 5) is 0. The highest BCUT2D eigenvalue weighted by Crippen LogP contribution is 2.15. The fraction of sp³-hybridized carbons (Fsp3) is 0.765. The molecule has 0 aliphatic carbocycles. The molecule has 0 spiro atoms. The summed E-state index contributed by atoms with van der Waals surface area (Å²) in [6, 6.07) is 8.44. The normalized spacial score (nSPS) is 11.2. The Morgan fingerprint density at radius 3 is 1.23 bits per heavy atom. The predicted molar refractivity (Wildman–Crippen MR) is 172 cm³/mol. The van der Waals surface area contributed by atoms with Crippen LogP contribution in [-0.2, 0) is 49.1 Å². The number of ether oxygens (including phenoxy) is 10. The van der Waals surface area contributed by atoms with Gasteiger partial charge in [-0.05, 0) is 30.5 Å². The van der Waals surface area contributed by atoms with Crippen molar-refractivity contribution in [1.29, 1.82) is 0 Å². The Morgan fingerprint density at radius 1 is 0.455 bits per heavy atom. The van der Waals surface area contributed by atoms with Crippen LogP contribution in [-0.4, -0.2) is 119 Å². The van der Waals surface area contributed by atoms with Crippen molar-refractivity contribution in [3.8, 4) is 5.75 Å². The molecule has 0 atom stereocenters. The van der Waals surface area contributed by atoms with Gasteiger partial charge in [0.15, 0.2) is 0 Å². The first kappa shape index (κ1) is 40.3. The van der Waals surface area contributed by atoms with Gasteiger partial charge in [0.25, 0.3) is 0 Å². The molecule has 0 saturated carbocycles. The molecule has 0 aromatic heterocycles. The molecule has 1 rings (SSSR count). The summed E-state index contributed by atoms with van der Waals surface area (Å²) >= 11 is 0. The zero-order chi connectivity index (χ0) is 31.4. The number of aryl methyl sites for hydroxylation is 1. The van der Waals surface area contributed by atoms with Gasteiger partial charge in [-0.3, -0.25) is 0 Å². The topological polar surface area (TPSA) is 92.3 Å². The van der Waals surface area contributed by atoms with Crippen molar-refractivity contribution in [2.75, 3.05) is 119 Å².